The van der Waals surface area contributed by atoms with Crippen LogP contribution in [0.4, 0.5) is 5.69 Å². The van der Waals surface area contributed by atoms with Gasteiger partial charge in [-0.05, 0) is 0 Å². The van der Waals surface area contributed by atoms with Crippen molar-refractivity contribution in [1.82, 2.24) is 15.1 Å². The molecule has 2 N–H and O–H groups in total. The molecule has 0 aliphatic carbocycles. The van der Waals surface area contributed by atoms with Crippen LogP contribution in [-0.4, -0.2) is 51.4 Å². The molecule has 1 heterocycles. The number of hydrogen-bond donors (Lipinski definition) is 2. The van der Waals surface area contributed by atoms with Crippen LogP contribution in [0.5, 0.6) is 0 Å². The highest BCUT2D eigenvalue weighted by Crippen LogP contribution is 2.07. The molecule has 0 aliphatic rings. The number of carboxylic acids is 1. The van der Waals surface area contributed by atoms with Gasteiger partial charge in [-0.25, -0.2) is 4.79 Å². The Kier molecular flexibility index (Phi) is 4.94. The lowest BCUT2D eigenvalue weighted by Gasteiger charge is -2.11. The summed E-state index contributed by atoms with van der Waals surface area (Å²) >= 11 is 0. The monoisotopic (exact) mass is 272 g/mol. The van der Waals surface area contributed by atoms with Gasteiger partial charge in [-0.2, -0.15) is 5.10 Å². The summed E-state index contributed by atoms with van der Waals surface area (Å²) in [6, 6.07) is 0. The molecule has 10 heteroatoms. The molecule has 0 spiro atoms. The summed E-state index contributed by atoms with van der Waals surface area (Å²) in [4.78, 5) is 31.8. The highest BCUT2D eigenvalue weighted by atomic mass is 16.6. The van der Waals surface area contributed by atoms with E-state index in [1.807, 2.05) is 0 Å². The highest BCUT2D eigenvalue weighted by Gasteiger charge is 2.17. The largest absolute Gasteiger partial charge is 0.479 e. The lowest BCUT2D eigenvalue weighted by Crippen LogP contribution is -2.39. The van der Waals surface area contributed by atoms with Crippen LogP contribution >= 0.6 is 0 Å². The van der Waals surface area contributed by atoms with E-state index in [1.165, 1.54) is 7.11 Å². The van der Waals surface area contributed by atoms with Crippen molar-refractivity contribution in [3.05, 3.63) is 22.5 Å². The third-order valence-electron chi connectivity index (χ3n) is 2.18. The van der Waals surface area contributed by atoms with Gasteiger partial charge >= 0.3 is 11.7 Å². The number of carboxylic acid groups (broad SMARTS) is 1. The lowest BCUT2D eigenvalue weighted by molar-refractivity contribution is -0.385. The number of methoxy groups -OCH3 is 1. The summed E-state index contributed by atoms with van der Waals surface area (Å²) in [7, 11) is 1.21. The van der Waals surface area contributed by atoms with Crippen molar-refractivity contribution >= 4 is 17.6 Å². The van der Waals surface area contributed by atoms with Crippen molar-refractivity contribution in [2.24, 2.45) is 0 Å². The third-order valence-corrected chi connectivity index (χ3v) is 2.18. The molecule has 19 heavy (non-hydrogen) atoms. The molecule has 0 saturated carbocycles. The number of carbonyl (C=O) groups is 2. The number of nitro groups is 1. The van der Waals surface area contributed by atoms with Crippen LogP contribution in [0.15, 0.2) is 12.4 Å². The van der Waals surface area contributed by atoms with Crippen molar-refractivity contribution in [3.8, 4) is 0 Å². The van der Waals surface area contributed by atoms with E-state index >= 15 is 0 Å². The van der Waals surface area contributed by atoms with Crippen LogP contribution in [-0.2, 0) is 20.9 Å². The zero-order valence-electron chi connectivity index (χ0n) is 9.98. The minimum absolute atomic E-state index is 0.200. The Bertz CT molecular complexity index is 485. The number of ether oxygens (including phenoxy) is 1. The Hall–Kier alpha value is -2.49. The Morgan fingerprint density at radius 1 is 1.68 bits per heavy atom. The van der Waals surface area contributed by atoms with Crippen molar-refractivity contribution < 1.29 is 24.4 Å². The Balaban J connectivity index is 2.46. The Labute approximate surface area is 107 Å². The number of aliphatic carboxylic acids is 1. The topological polar surface area (TPSA) is 137 Å². The maximum absolute atomic E-state index is 11.4. The van der Waals surface area contributed by atoms with Crippen LogP contribution in [0.2, 0.25) is 0 Å². The van der Waals surface area contributed by atoms with E-state index in [2.05, 4.69) is 15.2 Å². The predicted octanol–water partition coefficient (Wildman–Crippen LogP) is -0.993. The minimum atomic E-state index is -1.20. The van der Waals surface area contributed by atoms with Crippen LogP contribution in [0, 0.1) is 10.1 Å². The fraction of sp³-hybridized carbons (Fsp3) is 0.444. The van der Waals surface area contributed by atoms with Crippen molar-refractivity contribution in [2.45, 2.75) is 12.6 Å². The normalized spacial score (nSPS) is 11.8. The summed E-state index contributed by atoms with van der Waals surface area (Å²) in [6.45, 7) is -0.447. The number of amides is 1. The summed E-state index contributed by atoms with van der Waals surface area (Å²) < 4.78 is 5.70. The van der Waals surface area contributed by atoms with E-state index in [9.17, 15) is 19.7 Å². The van der Waals surface area contributed by atoms with Gasteiger partial charge in [0.1, 0.15) is 18.9 Å². The molecule has 1 atom stereocenters. The first-order valence-corrected chi connectivity index (χ1v) is 5.13. The minimum Gasteiger partial charge on any atom is -0.479 e. The van der Waals surface area contributed by atoms with E-state index in [1.54, 1.807) is 0 Å². The number of hydrogen-bond acceptors (Lipinski definition) is 6. The molecule has 104 valence electrons. The van der Waals surface area contributed by atoms with Gasteiger partial charge in [-0.1, -0.05) is 0 Å². The van der Waals surface area contributed by atoms with E-state index in [-0.39, 0.29) is 18.8 Å². The van der Waals surface area contributed by atoms with Gasteiger partial charge in [-0.3, -0.25) is 19.6 Å². The molecule has 1 amide bonds. The van der Waals surface area contributed by atoms with Gasteiger partial charge < -0.3 is 15.2 Å². The molecule has 0 saturated heterocycles. The predicted molar refractivity (Wildman–Crippen MR) is 60.3 cm³/mol. The molecule has 1 aromatic rings. The molecular weight excluding hydrogens is 260 g/mol. The molecule has 10 nitrogen and oxygen atoms in total. The van der Waals surface area contributed by atoms with Crippen molar-refractivity contribution in [2.75, 3.05) is 13.7 Å². The average molecular weight is 272 g/mol. The fourth-order valence-electron chi connectivity index (χ4n) is 1.21. The van der Waals surface area contributed by atoms with Gasteiger partial charge in [0, 0.05) is 7.11 Å². The van der Waals surface area contributed by atoms with Gasteiger partial charge in [-0.15, -0.1) is 0 Å². The van der Waals surface area contributed by atoms with E-state index in [0.717, 1.165) is 17.1 Å². The number of rotatable bonds is 7. The second-order valence-electron chi connectivity index (χ2n) is 3.52. The molecule has 0 radical (unpaired) electrons. The average Bonchev–Trinajstić information content (AvgIpc) is 2.78. The van der Waals surface area contributed by atoms with E-state index in [4.69, 9.17) is 5.11 Å². The maximum Gasteiger partial charge on any atom is 0.334 e. The molecule has 0 bridgehead atoms. The third kappa shape index (κ3) is 4.35. The molecule has 0 fully saturated rings. The number of carbonyl (C=O) groups excluding carboxylic acids is 1. The maximum atomic E-state index is 11.4. The molecule has 0 aromatic carbocycles. The van der Waals surface area contributed by atoms with Crippen LogP contribution in [0.1, 0.15) is 0 Å². The lowest BCUT2D eigenvalue weighted by atomic mass is 10.3. The highest BCUT2D eigenvalue weighted by molar-refractivity contribution is 5.77. The molecule has 1 rings (SSSR count). The molecule has 1 unspecified atom stereocenters. The van der Waals surface area contributed by atoms with Crippen molar-refractivity contribution in [1.29, 1.82) is 0 Å². The summed E-state index contributed by atoms with van der Waals surface area (Å²) in [5.41, 5.74) is -0.229. The van der Waals surface area contributed by atoms with Gasteiger partial charge in [0.2, 0.25) is 5.91 Å². The second kappa shape index (κ2) is 6.44. The fourth-order valence-corrected chi connectivity index (χ4v) is 1.21. The van der Waals surface area contributed by atoms with Crippen molar-refractivity contribution in [3.63, 3.8) is 0 Å². The Morgan fingerprint density at radius 3 is 2.84 bits per heavy atom. The van der Waals surface area contributed by atoms with Crippen LogP contribution < -0.4 is 5.32 Å². The molecule has 0 aliphatic heterocycles. The van der Waals surface area contributed by atoms with Gasteiger partial charge in [0.15, 0.2) is 6.10 Å². The van der Waals surface area contributed by atoms with Crippen LogP contribution in [0.3, 0.4) is 0 Å². The summed E-state index contributed by atoms with van der Waals surface area (Å²) in [5.74, 6) is -1.72. The first-order valence-electron chi connectivity index (χ1n) is 5.13. The van der Waals surface area contributed by atoms with E-state index in [0.29, 0.717) is 0 Å². The standard InChI is InChI=1S/C9H12N4O6/c1-19-7(9(15)16)3-10-8(14)5-12-4-6(2-11-12)13(17)18/h2,4,7H,3,5H2,1H3,(H,10,14)(H,15,16). The zero-order valence-corrected chi connectivity index (χ0v) is 9.98. The molecule has 1 aromatic heterocycles. The summed E-state index contributed by atoms with van der Waals surface area (Å²) in [5, 5.41) is 25.0. The second-order valence-corrected chi connectivity index (χ2v) is 3.52. The first-order chi connectivity index (χ1) is 8.93. The smallest absolute Gasteiger partial charge is 0.334 e. The van der Waals surface area contributed by atoms with Crippen LogP contribution in [0.25, 0.3) is 0 Å². The SMILES string of the molecule is COC(CNC(=O)Cn1cc([N+](=O)[O-])cn1)C(=O)O. The Morgan fingerprint density at radius 2 is 2.37 bits per heavy atom. The van der Waals surface area contributed by atoms with Gasteiger partial charge in [0.05, 0.1) is 11.5 Å². The molecular formula is C9H12N4O6. The first kappa shape index (κ1) is 14.6. The van der Waals surface area contributed by atoms with E-state index < -0.39 is 22.9 Å². The van der Waals surface area contributed by atoms with Gasteiger partial charge in [0.25, 0.3) is 0 Å². The number of nitrogens with one attached hydrogen (secondary N) is 1. The summed E-state index contributed by atoms with van der Waals surface area (Å²) in [6.07, 6.45) is 0.975. The number of nitrogens with zero attached hydrogens (tertiary/aromatic N) is 3. The zero-order chi connectivity index (χ0) is 14.4. The quantitative estimate of drug-likeness (QED) is 0.480. The number of aromatic nitrogens is 2.